The van der Waals surface area contributed by atoms with Crippen molar-refractivity contribution < 1.29 is 61.6 Å². The first-order valence-electron chi connectivity index (χ1n) is 6.61. The molecule has 0 spiro atoms. The summed E-state index contributed by atoms with van der Waals surface area (Å²) in [5.74, 6) is -31.4. The van der Waals surface area contributed by atoms with E-state index >= 15 is 0 Å². The first-order valence-corrected chi connectivity index (χ1v) is 7.76. The molecule has 0 aliphatic carbocycles. The van der Waals surface area contributed by atoms with Crippen LogP contribution in [0.3, 0.4) is 0 Å². The van der Waals surface area contributed by atoms with Crippen LogP contribution in [0.15, 0.2) is 29.2 Å². The number of aryl methyl sites for hydroxylation is 1. The molecule has 1 aromatic carbocycles. The molecule has 0 aromatic heterocycles. The summed E-state index contributed by atoms with van der Waals surface area (Å²) >= 11 is -4.53. The van der Waals surface area contributed by atoms with E-state index < -0.39 is 56.8 Å². The first kappa shape index (κ1) is 24.7. The first-order chi connectivity index (χ1) is 12.2. The molecule has 1 rings (SSSR count). The van der Waals surface area contributed by atoms with Gasteiger partial charge < -0.3 is 4.55 Å². The molecule has 0 fully saturated rings. The summed E-state index contributed by atoms with van der Waals surface area (Å²) in [6.07, 6.45) is -7.49. The summed E-state index contributed by atoms with van der Waals surface area (Å²) in [6.45, 7) is 0.881. The molecule has 0 saturated heterocycles. The Labute approximate surface area is 150 Å². The number of hydrogen-bond donors (Lipinski definition) is 0. The SMILES string of the molecule is Cc1ccccc1[S+]([O-])C(F)(F)C(F)(F)C(F)(F)C(F)(F)C(F)(F)C(F)(F)F. The third kappa shape index (κ3) is 3.29. The Morgan fingerprint density at radius 1 is 0.643 bits per heavy atom. The van der Waals surface area contributed by atoms with Crippen LogP contribution in [-0.4, -0.2) is 39.7 Å². The van der Waals surface area contributed by atoms with Crippen LogP contribution in [-0.2, 0) is 11.2 Å². The monoisotopic (exact) mass is 458 g/mol. The van der Waals surface area contributed by atoms with E-state index in [0.717, 1.165) is 25.1 Å². The molecule has 0 radical (unpaired) electrons. The van der Waals surface area contributed by atoms with Crippen molar-refractivity contribution in [3.63, 3.8) is 0 Å². The van der Waals surface area contributed by atoms with Gasteiger partial charge in [0.1, 0.15) is 0 Å². The van der Waals surface area contributed by atoms with E-state index in [-0.39, 0.29) is 0 Å². The largest absolute Gasteiger partial charge is 0.607 e. The van der Waals surface area contributed by atoms with Crippen LogP contribution in [0.25, 0.3) is 0 Å². The molecule has 1 atom stereocenters. The van der Waals surface area contributed by atoms with Gasteiger partial charge in [0.15, 0.2) is 4.90 Å². The normalized spacial score (nSPS) is 16.2. The van der Waals surface area contributed by atoms with E-state index in [4.69, 9.17) is 0 Å². The van der Waals surface area contributed by atoms with Crippen molar-refractivity contribution in [3.8, 4) is 0 Å². The summed E-state index contributed by atoms with van der Waals surface area (Å²) in [6, 6.07) is 3.25. The lowest BCUT2D eigenvalue weighted by Crippen LogP contribution is -2.71. The molecule has 0 amide bonds. The predicted molar refractivity (Wildman–Crippen MR) is 68.4 cm³/mol. The lowest BCUT2D eigenvalue weighted by atomic mass is 9.98. The third-order valence-electron chi connectivity index (χ3n) is 3.43. The van der Waals surface area contributed by atoms with Gasteiger partial charge in [-0.25, -0.2) is 0 Å². The maximum atomic E-state index is 13.8. The van der Waals surface area contributed by atoms with Crippen LogP contribution in [0.1, 0.15) is 5.56 Å². The summed E-state index contributed by atoms with van der Waals surface area (Å²) in [5, 5.41) is -6.66. The zero-order valence-electron chi connectivity index (χ0n) is 13.0. The highest BCUT2D eigenvalue weighted by atomic mass is 32.2. The van der Waals surface area contributed by atoms with Crippen molar-refractivity contribution in [2.45, 2.75) is 46.9 Å². The molecule has 1 unspecified atom stereocenters. The van der Waals surface area contributed by atoms with E-state index in [2.05, 4.69) is 0 Å². The van der Waals surface area contributed by atoms with Gasteiger partial charge in [-0.2, -0.15) is 48.3 Å². The lowest BCUT2D eigenvalue weighted by molar-refractivity contribution is -0.433. The van der Waals surface area contributed by atoms with Crippen LogP contribution < -0.4 is 0 Å². The molecule has 0 saturated carbocycles. The molecule has 0 aliphatic heterocycles. The van der Waals surface area contributed by atoms with Gasteiger partial charge in [0.05, 0.1) is 11.2 Å². The Hall–Kier alpha value is -1.38. The predicted octanol–water partition coefficient (Wildman–Crippen LogP) is 5.80. The van der Waals surface area contributed by atoms with Crippen LogP contribution in [0, 0.1) is 6.92 Å². The minimum absolute atomic E-state index is 0.454. The van der Waals surface area contributed by atoms with Crippen molar-refractivity contribution in [3.05, 3.63) is 29.8 Å². The van der Waals surface area contributed by atoms with E-state index in [0.29, 0.717) is 6.07 Å². The Bertz CT molecular complexity index is 713. The molecular formula is C13H7F13OS. The second kappa shape index (κ2) is 6.85. The van der Waals surface area contributed by atoms with Crippen LogP contribution >= 0.6 is 0 Å². The van der Waals surface area contributed by atoms with Crippen molar-refractivity contribution >= 4 is 11.2 Å². The van der Waals surface area contributed by atoms with E-state index in [1.165, 1.54) is 0 Å². The molecular weight excluding hydrogens is 451 g/mol. The van der Waals surface area contributed by atoms with E-state index in [9.17, 15) is 61.6 Å². The van der Waals surface area contributed by atoms with Crippen LogP contribution in [0.5, 0.6) is 0 Å². The molecule has 15 heteroatoms. The average molecular weight is 458 g/mol. The fraction of sp³-hybridized carbons (Fsp3) is 0.538. The van der Waals surface area contributed by atoms with Gasteiger partial charge in [0.25, 0.3) is 0 Å². The lowest BCUT2D eigenvalue weighted by Gasteiger charge is -2.39. The molecule has 162 valence electrons. The Balaban J connectivity index is 3.55. The highest BCUT2D eigenvalue weighted by Gasteiger charge is 2.93. The summed E-state index contributed by atoms with van der Waals surface area (Å²) in [4.78, 5) is -1.26. The highest BCUT2D eigenvalue weighted by Crippen LogP contribution is 2.61. The zero-order valence-corrected chi connectivity index (χ0v) is 13.9. The number of rotatable bonds is 6. The number of alkyl halides is 13. The van der Waals surface area contributed by atoms with Gasteiger partial charge in [-0.05, 0) is 13.0 Å². The smallest absolute Gasteiger partial charge is 0.483 e. The summed E-state index contributed by atoms with van der Waals surface area (Å²) < 4.78 is 181. The quantitative estimate of drug-likeness (QED) is 0.391. The highest BCUT2D eigenvalue weighted by molar-refractivity contribution is 7.92. The Morgan fingerprint density at radius 2 is 1.04 bits per heavy atom. The minimum atomic E-state index is -8.01. The van der Waals surface area contributed by atoms with Gasteiger partial charge in [-0.3, -0.25) is 0 Å². The van der Waals surface area contributed by atoms with Gasteiger partial charge >= 0.3 is 35.1 Å². The maximum absolute atomic E-state index is 13.8. The minimum Gasteiger partial charge on any atom is -0.607 e. The van der Waals surface area contributed by atoms with Gasteiger partial charge in [0.2, 0.25) is 0 Å². The molecule has 0 bridgehead atoms. The fourth-order valence-electron chi connectivity index (χ4n) is 1.77. The molecule has 28 heavy (non-hydrogen) atoms. The van der Waals surface area contributed by atoms with Gasteiger partial charge in [0, 0.05) is 5.56 Å². The van der Waals surface area contributed by atoms with Crippen molar-refractivity contribution in [2.75, 3.05) is 0 Å². The van der Waals surface area contributed by atoms with Crippen LogP contribution in [0.2, 0.25) is 0 Å². The second-order valence-electron chi connectivity index (χ2n) is 5.35. The van der Waals surface area contributed by atoms with E-state index in [1.54, 1.807) is 0 Å². The number of halogens is 13. The summed E-state index contributed by atoms with van der Waals surface area (Å²) in [5.41, 5.74) is -0.466. The number of hydrogen-bond acceptors (Lipinski definition) is 1. The maximum Gasteiger partial charge on any atom is 0.483 e. The van der Waals surface area contributed by atoms with Crippen LogP contribution in [0.4, 0.5) is 57.1 Å². The molecule has 1 aromatic rings. The molecule has 0 aliphatic rings. The second-order valence-corrected chi connectivity index (χ2v) is 6.84. The zero-order chi connectivity index (χ0) is 22.6. The topological polar surface area (TPSA) is 23.1 Å². The Morgan fingerprint density at radius 3 is 1.43 bits per heavy atom. The molecule has 0 N–H and O–H groups in total. The molecule has 0 heterocycles. The van der Waals surface area contributed by atoms with Gasteiger partial charge in [-0.15, -0.1) is 8.78 Å². The van der Waals surface area contributed by atoms with Gasteiger partial charge in [-0.1, -0.05) is 18.2 Å². The number of benzene rings is 1. The summed E-state index contributed by atoms with van der Waals surface area (Å²) in [7, 11) is 0. The standard InChI is InChI=1S/C13H7F13OS/c1-6-4-2-3-5-7(6)28(27)13(25,26)11(20,21)9(16,17)8(14,15)10(18,19)12(22,23)24/h2-5H,1H3. The fourth-order valence-corrected chi connectivity index (χ4v) is 2.97. The Kier molecular flexibility index (Phi) is 6.03. The van der Waals surface area contributed by atoms with E-state index in [1.807, 2.05) is 0 Å². The van der Waals surface area contributed by atoms with Crippen molar-refractivity contribution in [2.24, 2.45) is 0 Å². The van der Waals surface area contributed by atoms with Crippen molar-refractivity contribution in [1.82, 2.24) is 0 Å². The third-order valence-corrected chi connectivity index (χ3v) is 5.01. The average Bonchev–Trinajstić information content (AvgIpc) is 2.52. The molecule has 1 nitrogen and oxygen atoms in total. The van der Waals surface area contributed by atoms with Crippen molar-refractivity contribution in [1.29, 1.82) is 0 Å².